The Labute approximate surface area is 175 Å². The summed E-state index contributed by atoms with van der Waals surface area (Å²) in [7, 11) is -2.51. The van der Waals surface area contributed by atoms with Gasteiger partial charge in [-0.05, 0) is 48.9 Å². The van der Waals surface area contributed by atoms with E-state index in [1.165, 1.54) is 50.4 Å². The highest BCUT2D eigenvalue weighted by atomic mass is 32.2. The molecule has 0 fully saturated rings. The molecule has 0 bridgehead atoms. The summed E-state index contributed by atoms with van der Waals surface area (Å²) in [5.74, 6) is -2.96. The molecule has 29 heavy (non-hydrogen) atoms. The molecule has 158 valence electrons. The monoisotopic (exact) mass is 442 g/mol. The van der Waals surface area contributed by atoms with Crippen molar-refractivity contribution in [2.24, 2.45) is 11.7 Å². The molecular weight excluding hydrogens is 419 g/mol. The van der Waals surface area contributed by atoms with Crippen molar-refractivity contribution in [1.29, 1.82) is 0 Å². The average molecular weight is 443 g/mol. The van der Waals surface area contributed by atoms with Crippen molar-refractivity contribution in [2.45, 2.75) is 18.7 Å². The number of nitrogens with one attached hydrogen (secondary N) is 1. The van der Waals surface area contributed by atoms with Crippen molar-refractivity contribution < 1.29 is 27.1 Å². The number of hydrogen-bond acceptors (Lipinski definition) is 5. The second-order valence-corrected chi connectivity index (χ2v) is 8.40. The molecule has 0 unspecified atom stereocenters. The zero-order valence-corrected chi connectivity index (χ0v) is 18.0. The maximum atomic E-state index is 13.4. The molecule has 7 nitrogen and oxygen atoms in total. The summed E-state index contributed by atoms with van der Waals surface area (Å²) in [6.45, 7) is 2.96. The van der Waals surface area contributed by atoms with E-state index < -0.39 is 39.1 Å². The predicted octanol–water partition coefficient (Wildman–Crippen LogP) is 2.40. The first-order chi connectivity index (χ1) is 13.0. The first-order valence-corrected chi connectivity index (χ1v) is 9.98. The van der Waals surface area contributed by atoms with Crippen molar-refractivity contribution in [3.8, 4) is 5.75 Å². The smallest absolute Gasteiger partial charge is 0.259 e. The van der Waals surface area contributed by atoms with E-state index in [0.717, 1.165) is 0 Å². The summed E-state index contributed by atoms with van der Waals surface area (Å²) < 4.78 is 43.6. The molecule has 0 saturated heterocycles. The molecule has 0 saturated carbocycles. The van der Waals surface area contributed by atoms with Crippen molar-refractivity contribution in [1.82, 2.24) is 0 Å². The van der Waals surface area contributed by atoms with Crippen LogP contribution in [-0.2, 0) is 14.6 Å². The summed E-state index contributed by atoms with van der Waals surface area (Å²) in [6, 6.07) is 7.88. The van der Waals surface area contributed by atoms with E-state index in [4.69, 9.17) is 10.5 Å². The molecule has 1 atom stereocenters. The van der Waals surface area contributed by atoms with Crippen molar-refractivity contribution in [3.63, 3.8) is 0 Å². The number of nitrogens with two attached hydrogens (primary N) is 1. The van der Waals surface area contributed by atoms with Crippen LogP contribution in [-0.4, -0.2) is 33.1 Å². The number of ether oxygens (including phenoxy) is 1. The lowest BCUT2D eigenvalue weighted by atomic mass is 10.1. The Balaban J connectivity index is 0.00000420. The summed E-state index contributed by atoms with van der Waals surface area (Å²) in [4.78, 5) is 23.7. The Morgan fingerprint density at radius 1 is 1.21 bits per heavy atom. The highest BCUT2D eigenvalue weighted by molar-refractivity contribution is 7.91. The largest absolute Gasteiger partial charge is 0.496 e. The fourth-order valence-electron chi connectivity index (χ4n) is 2.49. The van der Waals surface area contributed by atoms with E-state index >= 15 is 0 Å². The summed E-state index contributed by atoms with van der Waals surface area (Å²) in [5, 5.41) is 2.58. The second kappa shape index (κ2) is 9.75. The van der Waals surface area contributed by atoms with Gasteiger partial charge in [0.1, 0.15) is 11.6 Å². The lowest BCUT2D eigenvalue weighted by Gasteiger charge is -2.13. The van der Waals surface area contributed by atoms with E-state index in [-0.39, 0.29) is 29.7 Å². The maximum Gasteiger partial charge on any atom is 0.259 e. The topological polar surface area (TPSA) is 116 Å². The van der Waals surface area contributed by atoms with E-state index in [0.29, 0.717) is 11.3 Å². The first kappa shape index (κ1) is 24.4. The minimum absolute atomic E-state index is 0. The molecule has 10 heteroatoms. The third kappa shape index (κ3) is 5.94. The predicted molar refractivity (Wildman–Crippen MR) is 113 cm³/mol. The number of aryl methyl sites for hydroxylation is 1. The fourth-order valence-corrected chi connectivity index (χ4v) is 4.07. The number of carbonyl (C=O) groups is 2. The van der Waals surface area contributed by atoms with Gasteiger partial charge in [0.2, 0.25) is 5.91 Å². The van der Waals surface area contributed by atoms with Crippen LogP contribution in [0.1, 0.15) is 22.8 Å². The van der Waals surface area contributed by atoms with E-state index in [1.54, 1.807) is 6.92 Å². The number of hydrogen-bond donors (Lipinski definition) is 2. The molecule has 0 aromatic heterocycles. The van der Waals surface area contributed by atoms with Gasteiger partial charge in [-0.3, -0.25) is 9.59 Å². The Morgan fingerprint density at radius 2 is 1.86 bits per heavy atom. The number of primary amides is 1. The highest BCUT2D eigenvalue weighted by Crippen LogP contribution is 2.25. The van der Waals surface area contributed by atoms with Gasteiger partial charge in [-0.1, -0.05) is 6.92 Å². The van der Waals surface area contributed by atoms with Crippen molar-refractivity contribution in [3.05, 3.63) is 53.3 Å². The van der Waals surface area contributed by atoms with Crippen LogP contribution >= 0.6 is 13.5 Å². The second-order valence-electron chi connectivity index (χ2n) is 6.37. The number of benzene rings is 2. The number of rotatable bonds is 7. The van der Waals surface area contributed by atoms with Crippen LogP contribution < -0.4 is 15.8 Å². The van der Waals surface area contributed by atoms with Gasteiger partial charge in [-0.15, -0.1) is 0 Å². The molecule has 0 heterocycles. The number of carbonyl (C=O) groups excluding carboxylic acids is 2. The third-order valence-electron chi connectivity index (χ3n) is 4.15. The quantitative estimate of drug-likeness (QED) is 0.683. The van der Waals surface area contributed by atoms with E-state index in [2.05, 4.69) is 5.32 Å². The number of anilines is 1. The Hall–Kier alpha value is -2.59. The van der Waals surface area contributed by atoms with Crippen LogP contribution in [0.2, 0.25) is 0 Å². The summed E-state index contributed by atoms with van der Waals surface area (Å²) in [5.41, 5.74) is 5.82. The van der Waals surface area contributed by atoms with Gasteiger partial charge in [0.05, 0.1) is 23.3 Å². The van der Waals surface area contributed by atoms with E-state index in [9.17, 15) is 22.4 Å². The number of halogens is 1. The lowest BCUT2D eigenvalue weighted by molar-refractivity contribution is -0.120. The van der Waals surface area contributed by atoms with Crippen LogP contribution in [0.25, 0.3) is 0 Å². The minimum Gasteiger partial charge on any atom is -0.496 e. The molecule has 3 N–H and O–H groups in total. The molecule has 0 aliphatic carbocycles. The molecule has 0 aliphatic rings. The molecular formula is C19H23FN2O5S2. The molecule has 0 aliphatic heterocycles. The Morgan fingerprint density at radius 3 is 2.41 bits per heavy atom. The number of amides is 2. The molecule has 0 spiro atoms. The highest BCUT2D eigenvalue weighted by Gasteiger charge is 2.24. The van der Waals surface area contributed by atoms with Crippen LogP contribution in [0.4, 0.5) is 10.1 Å². The van der Waals surface area contributed by atoms with E-state index in [1.807, 2.05) is 0 Å². The summed E-state index contributed by atoms with van der Waals surface area (Å²) >= 11 is 0. The van der Waals surface area contributed by atoms with Crippen molar-refractivity contribution >= 4 is 40.8 Å². The molecule has 2 amide bonds. The van der Waals surface area contributed by atoms with Crippen molar-refractivity contribution in [2.75, 3.05) is 18.2 Å². The zero-order valence-electron chi connectivity index (χ0n) is 16.2. The standard InChI is InChI=1S/C19H21FN2O5S.H2S/c1-11-8-13(4-6-16(11)20)22-19(24)15-9-14(5-7-17(15)27-3)28(25,26)10-12(2)18(21)23;/h4-9,12H,10H2,1-3H3,(H2,21,23)(H,22,24);1H2/t12-;/m1./s1. The maximum absolute atomic E-state index is 13.4. The third-order valence-corrected chi connectivity index (χ3v) is 6.06. The number of methoxy groups -OCH3 is 1. The summed E-state index contributed by atoms with van der Waals surface area (Å²) in [6.07, 6.45) is 0. The van der Waals surface area contributed by atoms with Gasteiger partial charge < -0.3 is 15.8 Å². The van der Waals surface area contributed by atoms with Gasteiger partial charge in [0.15, 0.2) is 9.84 Å². The van der Waals surface area contributed by atoms with Gasteiger partial charge >= 0.3 is 0 Å². The SMILES string of the molecule is COc1ccc(S(=O)(=O)C[C@@H](C)C(N)=O)cc1C(=O)Nc1ccc(F)c(C)c1.S. The Bertz CT molecular complexity index is 1030. The minimum atomic E-state index is -3.86. The van der Waals surface area contributed by atoms with Crippen LogP contribution in [0.3, 0.4) is 0 Å². The van der Waals surface area contributed by atoms with Gasteiger partial charge in [-0.25, -0.2) is 12.8 Å². The fraction of sp³-hybridized carbons (Fsp3) is 0.263. The zero-order chi connectivity index (χ0) is 21.1. The van der Waals surface area contributed by atoms with Crippen LogP contribution in [0, 0.1) is 18.7 Å². The van der Waals surface area contributed by atoms with Crippen LogP contribution in [0.5, 0.6) is 5.75 Å². The molecule has 2 aromatic carbocycles. The van der Waals surface area contributed by atoms with Gasteiger partial charge in [0.25, 0.3) is 5.91 Å². The molecule has 2 aromatic rings. The molecule has 2 rings (SSSR count). The normalized spacial score (nSPS) is 11.9. The van der Waals surface area contributed by atoms with Gasteiger partial charge in [0, 0.05) is 11.6 Å². The average Bonchev–Trinajstić information content (AvgIpc) is 2.63. The lowest BCUT2D eigenvalue weighted by Crippen LogP contribution is -2.27. The Kier molecular flexibility index (Phi) is 8.22. The van der Waals surface area contributed by atoms with Gasteiger partial charge in [-0.2, -0.15) is 13.5 Å². The van der Waals surface area contributed by atoms with Crippen LogP contribution in [0.15, 0.2) is 41.3 Å². The number of sulfone groups is 1. The molecule has 0 radical (unpaired) electrons. The first-order valence-electron chi connectivity index (χ1n) is 8.32.